The van der Waals surface area contributed by atoms with E-state index in [0.717, 1.165) is 41.2 Å². The molecular formula is C31H36N4O2. The van der Waals surface area contributed by atoms with Crippen molar-refractivity contribution in [2.75, 3.05) is 7.05 Å². The maximum absolute atomic E-state index is 13.2. The van der Waals surface area contributed by atoms with Gasteiger partial charge in [0.15, 0.2) is 5.96 Å². The molecule has 1 heterocycles. The van der Waals surface area contributed by atoms with Crippen LogP contribution in [0.4, 0.5) is 5.69 Å². The zero-order valence-electron chi connectivity index (χ0n) is 21.6. The lowest BCUT2D eigenvalue weighted by molar-refractivity contribution is -0.132. The molecule has 2 N–H and O–H groups in total. The zero-order chi connectivity index (χ0) is 25.6. The third-order valence-electron chi connectivity index (χ3n) is 7.61. The maximum atomic E-state index is 13.2. The number of amides is 1. The molecule has 0 bridgehead atoms. The van der Waals surface area contributed by atoms with Gasteiger partial charge in [0.05, 0.1) is 11.7 Å². The van der Waals surface area contributed by atoms with Crippen LogP contribution in [-0.2, 0) is 11.3 Å². The van der Waals surface area contributed by atoms with Gasteiger partial charge in [0, 0.05) is 31.6 Å². The van der Waals surface area contributed by atoms with Gasteiger partial charge < -0.3 is 20.3 Å². The Labute approximate surface area is 219 Å². The maximum Gasteiger partial charge on any atom is 0.222 e. The second kappa shape index (κ2) is 11.5. The minimum Gasteiger partial charge on any atom is -0.457 e. The fourth-order valence-corrected chi connectivity index (χ4v) is 5.49. The Morgan fingerprint density at radius 2 is 1.70 bits per heavy atom. The van der Waals surface area contributed by atoms with Crippen molar-refractivity contribution in [1.29, 1.82) is 0 Å². The second-order valence-electron chi connectivity index (χ2n) is 10.1. The predicted molar refractivity (Wildman–Crippen MR) is 148 cm³/mol. The Hall–Kier alpha value is -3.80. The molecule has 0 unspecified atom stereocenters. The largest absolute Gasteiger partial charge is 0.457 e. The van der Waals surface area contributed by atoms with Crippen LogP contribution >= 0.6 is 0 Å². The van der Waals surface area contributed by atoms with E-state index in [2.05, 4.69) is 17.0 Å². The second-order valence-corrected chi connectivity index (χ2v) is 10.1. The van der Waals surface area contributed by atoms with E-state index in [1.54, 1.807) is 0 Å². The molecule has 2 aliphatic rings. The van der Waals surface area contributed by atoms with Gasteiger partial charge in [-0.05, 0) is 55.2 Å². The van der Waals surface area contributed by atoms with Crippen LogP contribution in [0, 0.1) is 0 Å². The van der Waals surface area contributed by atoms with Crippen LogP contribution in [0.25, 0.3) is 0 Å². The number of rotatable bonds is 8. The van der Waals surface area contributed by atoms with Gasteiger partial charge in [-0.1, -0.05) is 67.8 Å². The van der Waals surface area contributed by atoms with E-state index in [4.69, 9.17) is 15.5 Å². The third kappa shape index (κ3) is 5.96. The molecule has 1 saturated carbocycles. The van der Waals surface area contributed by atoms with Crippen LogP contribution in [0.2, 0.25) is 0 Å². The topological polar surface area (TPSA) is 71.2 Å². The minimum atomic E-state index is -0.0551. The van der Waals surface area contributed by atoms with Crippen molar-refractivity contribution in [3.8, 4) is 11.5 Å². The molecule has 1 atom stereocenters. The van der Waals surface area contributed by atoms with Gasteiger partial charge in [0.25, 0.3) is 0 Å². The predicted octanol–water partition coefficient (Wildman–Crippen LogP) is 6.55. The molecule has 192 valence electrons. The number of nitrogens with two attached hydrogens (primary N) is 1. The van der Waals surface area contributed by atoms with Gasteiger partial charge in [-0.15, -0.1) is 0 Å². The lowest BCUT2D eigenvalue weighted by atomic mass is 9.93. The van der Waals surface area contributed by atoms with Crippen molar-refractivity contribution in [2.24, 2.45) is 10.7 Å². The van der Waals surface area contributed by atoms with E-state index in [9.17, 15) is 4.79 Å². The van der Waals surface area contributed by atoms with Crippen molar-refractivity contribution in [3.05, 3.63) is 90.0 Å². The van der Waals surface area contributed by atoms with E-state index in [1.165, 1.54) is 19.3 Å². The molecule has 0 aromatic heterocycles. The number of hydrogen-bond donors (Lipinski definition) is 1. The standard InChI is InChI=1S/C31H36N4O2/c1-34(25-13-7-3-8-14-25)30(36)20-19-29(23-11-5-2-6-12-23)35-22-24-21-27(17-18-28(24)33-31(35)32)37-26-15-9-4-10-16-26/h2,4-6,9-12,15-18,21,25,29H,3,7-8,13-14,19-20,22H2,1H3,(H2,32,33)/t29-/m0/s1. The van der Waals surface area contributed by atoms with Crippen LogP contribution in [-0.4, -0.2) is 34.8 Å². The van der Waals surface area contributed by atoms with Gasteiger partial charge in [-0.25, -0.2) is 4.99 Å². The first kappa shape index (κ1) is 24.9. The molecule has 0 spiro atoms. The van der Waals surface area contributed by atoms with Crippen LogP contribution < -0.4 is 10.5 Å². The molecule has 1 fully saturated rings. The molecular weight excluding hydrogens is 460 g/mol. The molecule has 0 radical (unpaired) electrons. The molecule has 1 aliphatic carbocycles. The number of hydrogen-bond acceptors (Lipinski definition) is 5. The zero-order valence-corrected chi connectivity index (χ0v) is 21.6. The summed E-state index contributed by atoms with van der Waals surface area (Å²) in [5.74, 6) is 2.24. The highest BCUT2D eigenvalue weighted by atomic mass is 16.5. The molecule has 5 rings (SSSR count). The number of aliphatic imine (C=N–C) groups is 1. The monoisotopic (exact) mass is 496 g/mol. The number of fused-ring (bicyclic) bond motifs is 1. The highest BCUT2D eigenvalue weighted by Crippen LogP contribution is 2.36. The number of guanidine groups is 1. The molecule has 37 heavy (non-hydrogen) atoms. The average molecular weight is 497 g/mol. The molecule has 3 aromatic rings. The molecule has 1 amide bonds. The van der Waals surface area contributed by atoms with Crippen molar-refractivity contribution < 1.29 is 9.53 Å². The number of ether oxygens (including phenoxy) is 1. The number of carbonyl (C=O) groups is 1. The smallest absolute Gasteiger partial charge is 0.222 e. The van der Waals surface area contributed by atoms with Crippen LogP contribution in [0.5, 0.6) is 11.5 Å². The first-order valence-electron chi connectivity index (χ1n) is 13.4. The highest BCUT2D eigenvalue weighted by Gasteiger charge is 2.29. The number of para-hydroxylation sites is 1. The Bertz CT molecular complexity index is 1220. The van der Waals surface area contributed by atoms with Gasteiger partial charge >= 0.3 is 0 Å². The van der Waals surface area contributed by atoms with E-state index in [-0.39, 0.29) is 11.9 Å². The van der Waals surface area contributed by atoms with Gasteiger partial charge in [-0.3, -0.25) is 4.79 Å². The molecule has 6 heteroatoms. The number of benzene rings is 3. The molecule has 0 saturated heterocycles. The fraction of sp³-hybridized carbons (Fsp3) is 0.355. The summed E-state index contributed by atoms with van der Waals surface area (Å²) in [6.45, 7) is 0.600. The molecule has 3 aromatic carbocycles. The lowest BCUT2D eigenvalue weighted by Crippen LogP contribution is -2.42. The normalized spacial score (nSPS) is 16.5. The first-order valence-corrected chi connectivity index (χ1v) is 13.4. The quantitative estimate of drug-likeness (QED) is 0.384. The Morgan fingerprint density at radius 3 is 2.43 bits per heavy atom. The summed E-state index contributed by atoms with van der Waals surface area (Å²) >= 11 is 0. The van der Waals surface area contributed by atoms with Crippen molar-refractivity contribution >= 4 is 17.6 Å². The van der Waals surface area contributed by atoms with E-state index in [0.29, 0.717) is 31.4 Å². The van der Waals surface area contributed by atoms with E-state index >= 15 is 0 Å². The summed E-state index contributed by atoms with van der Waals surface area (Å²) < 4.78 is 6.07. The summed E-state index contributed by atoms with van der Waals surface area (Å²) in [5, 5.41) is 0. The minimum absolute atomic E-state index is 0.0551. The van der Waals surface area contributed by atoms with Gasteiger partial charge in [-0.2, -0.15) is 0 Å². The number of carbonyl (C=O) groups excluding carboxylic acids is 1. The summed E-state index contributed by atoms with van der Waals surface area (Å²) in [6.07, 6.45) is 7.07. The summed E-state index contributed by atoms with van der Waals surface area (Å²) in [6, 6.07) is 26.3. The Balaban J connectivity index is 1.34. The third-order valence-corrected chi connectivity index (χ3v) is 7.61. The van der Waals surface area contributed by atoms with E-state index in [1.807, 2.05) is 78.7 Å². The van der Waals surface area contributed by atoms with Crippen LogP contribution in [0.1, 0.15) is 62.1 Å². The Kier molecular flexibility index (Phi) is 7.73. The van der Waals surface area contributed by atoms with Crippen molar-refractivity contribution in [2.45, 2.75) is 63.6 Å². The summed E-state index contributed by atoms with van der Waals surface area (Å²) in [7, 11) is 1.97. The van der Waals surface area contributed by atoms with Crippen LogP contribution in [0.15, 0.2) is 83.9 Å². The van der Waals surface area contributed by atoms with Gasteiger partial charge in [0.1, 0.15) is 11.5 Å². The molecule has 6 nitrogen and oxygen atoms in total. The van der Waals surface area contributed by atoms with Crippen molar-refractivity contribution in [3.63, 3.8) is 0 Å². The van der Waals surface area contributed by atoms with E-state index < -0.39 is 0 Å². The van der Waals surface area contributed by atoms with Crippen LogP contribution in [0.3, 0.4) is 0 Å². The molecule has 1 aliphatic heterocycles. The number of nitrogens with zero attached hydrogens (tertiary/aromatic N) is 3. The highest BCUT2D eigenvalue weighted by molar-refractivity contribution is 5.84. The Morgan fingerprint density at radius 1 is 1.00 bits per heavy atom. The SMILES string of the molecule is CN(C(=O)CC[C@@H](c1ccccc1)N1Cc2cc(Oc3ccccc3)ccc2N=C1N)C1CCCCC1. The fourth-order valence-electron chi connectivity index (χ4n) is 5.49. The first-order chi connectivity index (χ1) is 18.1. The summed E-state index contributed by atoms with van der Waals surface area (Å²) in [4.78, 5) is 22.0. The average Bonchev–Trinajstić information content (AvgIpc) is 2.94. The summed E-state index contributed by atoms with van der Waals surface area (Å²) in [5.41, 5.74) is 9.57. The van der Waals surface area contributed by atoms with Gasteiger partial charge in [0.2, 0.25) is 5.91 Å². The lowest BCUT2D eigenvalue weighted by Gasteiger charge is -2.36. The van der Waals surface area contributed by atoms with Crippen molar-refractivity contribution in [1.82, 2.24) is 9.80 Å².